The monoisotopic (exact) mass is 767 g/mol. The molecule has 286 valence electrons. The number of carboxylic acids is 1. The van der Waals surface area contributed by atoms with Gasteiger partial charge in [0.15, 0.2) is 0 Å². The number of hydrogen-bond acceptors (Lipinski definition) is 5. The van der Waals surface area contributed by atoms with Crippen LogP contribution in [0.2, 0.25) is 0 Å². The smallest absolute Gasteiger partial charge is 0.416 e. The lowest BCUT2D eigenvalue weighted by Crippen LogP contribution is -2.49. The van der Waals surface area contributed by atoms with Crippen LogP contribution >= 0.6 is 0 Å². The maximum absolute atomic E-state index is 15.9. The van der Waals surface area contributed by atoms with Gasteiger partial charge in [0, 0.05) is 48.6 Å². The molecule has 0 radical (unpaired) electrons. The summed E-state index contributed by atoms with van der Waals surface area (Å²) in [4.78, 5) is 41.4. The van der Waals surface area contributed by atoms with E-state index in [0.717, 1.165) is 30.3 Å². The molecule has 3 aromatic carbocycles. The van der Waals surface area contributed by atoms with Crippen LogP contribution in [0.3, 0.4) is 0 Å². The molecule has 4 aromatic rings. The number of ether oxygens (including phenoxy) is 1. The SMILES string of the molecule is Cc1cc2cc(c1F)[C@H](CC(=O)O)NC(=O)[C@H](n1cc(CCN3CC(F)C3)c(C(F)(F)F)cc1=O)c1cc(ccc1F)Oc1cc(C(F)(F)F)cc(C)c1-2. The lowest BCUT2D eigenvalue weighted by Gasteiger charge is -2.34. The molecule has 1 aromatic heterocycles. The number of aromatic nitrogens is 1. The van der Waals surface area contributed by atoms with Gasteiger partial charge in [-0.2, -0.15) is 26.3 Å². The molecule has 8 nitrogen and oxygen atoms in total. The number of carbonyl (C=O) groups is 2. The molecule has 2 aliphatic rings. The standard InChI is InChI=1S/C37H30F9N3O5/c1-17-8-21(36(41,42)43)10-29-32(17)20-7-18(2)33(40)25(9-20)28(13-31(51)52)47-35(53)34(24-11-23(54-29)3-4-27(24)39)49-14-19(5-6-48-15-22(38)16-48)26(12-30(49)50)37(44,45)46/h3-4,7-12,14,22,28,34H,5-6,13,15-16H2,1-2H3,(H,47,53)(H,51,52)/t28-,34+/m0/s1. The molecule has 2 aliphatic heterocycles. The Morgan fingerprint density at radius 1 is 0.926 bits per heavy atom. The quantitative estimate of drug-likeness (QED) is 0.196. The molecule has 4 bridgehead atoms. The minimum atomic E-state index is -5.06. The van der Waals surface area contributed by atoms with Crippen LogP contribution in [0.5, 0.6) is 11.5 Å². The maximum atomic E-state index is 15.9. The Labute approximate surface area is 300 Å². The number of pyridine rings is 1. The average molecular weight is 768 g/mol. The minimum absolute atomic E-state index is 0.00483. The number of halogens is 9. The van der Waals surface area contributed by atoms with Crippen LogP contribution in [0.15, 0.2) is 59.5 Å². The molecule has 54 heavy (non-hydrogen) atoms. The first kappa shape index (κ1) is 38.4. The number of likely N-dealkylation sites (tertiary alicyclic amines) is 1. The summed E-state index contributed by atoms with van der Waals surface area (Å²) < 4.78 is 136. The summed E-state index contributed by atoms with van der Waals surface area (Å²) >= 11 is 0. The summed E-state index contributed by atoms with van der Waals surface area (Å²) in [6, 6.07) is 2.73. The minimum Gasteiger partial charge on any atom is -0.481 e. The third-order valence-electron chi connectivity index (χ3n) is 9.36. The van der Waals surface area contributed by atoms with E-state index < -0.39 is 106 Å². The van der Waals surface area contributed by atoms with Crippen LogP contribution in [0.25, 0.3) is 11.1 Å². The largest absolute Gasteiger partial charge is 0.481 e. The first-order valence-corrected chi connectivity index (χ1v) is 16.4. The number of nitrogens with one attached hydrogen (secondary N) is 1. The third-order valence-corrected chi connectivity index (χ3v) is 9.36. The zero-order valence-electron chi connectivity index (χ0n) is 28.3. The van der Waals surface area contributed by atoms with Gasteiger partial charge < -0.3 is 15.2 Å². The normalized spacial score (nSPS) is 18.0. The van der Waals surface area contributed by atoms with E-state index in [1.54, 1.807) is 0 Å². The Bertz CT molecular complexity index is 2210. The van der Waals surface area contributed by atoms with Crippen LogP contribution in [-0.2, 0) is 28.4 Å². The van der Waals surface area contributed by atoms with Crippen molar-refractivity contribution in [1.82, 2.24) is 14.8 Å². The number of carboxylic acid groups (broad SMARTS) is 1. The van der Waals surface area contributed by atoms with Crippen molar-refractivity contribution in [2.45, 2.75) is 57.3 Å². The van der Waals surface area contributed by atoms with Crippen LogP contribution in [0.1, 0.15) is 57.4 Å². The summed E-state index contributed by atoms with van der Waals surface area (Å²) in [7, 11) is 0. The molecular weight excluding hydrogens is 737 g/mol. The van der Waals surface area contributed by atoms with Gasteiger partial charge in [-0.25, -0.2) is 13.2 Å². The van der Waals surface area contributed by atoms with E-state index in [0.29, 0.717) is 16.8 Å². The number of aliphatic carboxylic acids is 1. The van der Waals surface area contributed by atoms with Gasteiger partial charge in [-0.3, -0.25) is 23.9 Å². The molecule has 0 unspecified atom stereocenters. The molecule has 1 fully saturated rings. The number of carbonyl (C=O) groups excluding carboxylic acids is 1. The van der Waals surface area contributed by atoms with E-state index in [2.05, 4.69) is 5.32 Å². The third kappa shape index (κ3) is 7.67. The van der Waals surface area contributed by atoms with Gasteiger partial charge in [0.05, 0.1) is 23.6 Å². The van der Waals surface area contributed by atoms with Crippen molar-refractivity contribution in [1.29, 1.82) is 0 Å². The Hall–Kier alpha value is -5.32. The van der Waals surface area contributed by atoms with Gasteiger partial charge in [0.25, 0.3) is 5.56 Å². The molecule has 0 spiro atoms. The van der Waals surface area contributed by atoms with Crippen molar-refractivity contribution in [2.24, 2.45) is 0 Å². The van der Waals surface area contributed by atoms with E-state index in [1.807, 2.05) is 0 Å². The highest BCUT2D eigenvalue weighted by Gasteiger charge is 2.38. The van der Waals surface area contributed by atoms with Gasteiger partial charge in [-0.1, -0.05) is 0 Å². The van der Waals surface area contributed by atoms with Crippen LogP contribution in [-0.4, -0.2) is 52.3 Å². The van der Waals surface area contributed by atoms with Crippen molar-refractivity contribution in [2.75, 3.05) is 19.6 Å². The highest BCUT2D eigenvalue weighted by Crippen LogP contribution is 2.44. The number of rotatable bonds is 6. The first-order chi connectivity index (χ1) is 25.2. The summed E-state index contributed by atoms with van der Waals surface area (Å²) in [5.74, 6) is -5.92. The van der Waals surface area contributed by atoms with Gasteiger partial charge >= 0.3 is 18.3 Å². The molecule has 17 heteroatoms. The predicted molar refractivity (Wildman–Crippen MR) is 175 cm³/mol. The average Bonchev–Trinajstić information content (AvgIpc) is 3.04. The zero-order valence-corrected chi connectivity index (χ0v) is 28.3. The summed E-state index contributed by atoms with van der Waals surface area (Å²) in [5, 5.41) is 12.1. The fourth-order valence-corrected chi connectivity index (χ4v) is 6.79. The molecule has 1 saturated heterocycles. The maximum Gasteiger partial charge on any atom is 0.416 e. The molecule has 1 amide bonds. The lowest BCUT2D eigenvalue weighted by molar-refractivity contribution is -0.139. The number of benzene rings is 3. The molecule has 6 rings (SSSR count). The number of alkyl halides is 7. The van der Waals surface area contributed by atoms with Crippen molar-refractivity contribution in [3.05, 3.63) is 116 Å². The lowest BCUT2D eigenvalue weighted by atomic mass is 9.91. The molecule has 2 N–H and O–H groups in total. The van der Waals surface area contributed by atoms with Gasteiger partial charge in [0.1, 0.15) is 35.3 Å². The number of nitrogens with zero attached hydrogens (tertiary/aromatic N) is 2. The molecule has 0 aliphatic carbocycles. The number of aryl methyl sites for hydroxylation is 2. The van der Waals surface area contributed by atoms with Crippen molar-refractivity contribution in [3.63, 3.8) is 0 Å². The second kappa shape index (κ2) is 14.2. The van der Waals surface area contributed by atoms with Crippen LogP contribution in [0, 0.1) is 25.5 Å². The molecule has 0 saturated carbocycles. The van der Waals surface area contributed by atoms with Gasteiger partial charge in [-0.05, 0) is 85.0 Å². The summed E-state index contributed by atoms with van der Waals surface area (Å²) in [6.45, 7) is 2.45. The summed E-state index contributed by atoms with van der Waals surface area (Å²) in [5.41, 5.74) is -5.66. The van der Waals surface area contributed by atoms with Crippen molar-refractivity contribution < 1.29 is 58.9 Å². The van der Waals surface area contributed by atoms with E-state index in [-0.39, 0.29) is 53.7 Å². The summed E-state index contributed by atoms with van der Waals surface area (Å²) in [6.07, 6.45) is -11.8. The Morgan fingerprint density at radius 3 is 2.26 bits per heavy atom. The first-order valence-electron chi connectivity index (χ1n) is 16.4. The Morgan fingerprint density at radius 2 is 1.63 bits per heavy atom. The zero-order chi connectivity index (χ0) is 39.4. The number of amides is 1. The Kier molecular flexibility index (Phi) is 10.1. The van der Waals surface area contributed by atoms with E-state index >= 15 is 8.78 Å². The fourth-order valence-electron chi connectivity index (χ4n) is 6.79. The van der Waals surface area contributed by atoms with E-state index in [4.69, 9.17) is 4.74 Å². The van der Waals surface area contributed by atoms with Gasteiger partial charge in [-0.15, -0.1) is 0 Å². The fraction of sp³-hybridized carbons (Fsp3) is 0.324. The van der Waals surface area contributed by atoms with Gasteiger partial charge in [0.2, 0.25) is 5.91 Å². The molecular formula is C37H30F9N3O5. The molecule has 2 atom stereocenters. The van der Waals surface area contributed by atoms with Crippen LogP contribution in [0.4, 0.5) is 39.5 Å². The second-order valence-electron chi connectivity index (χ2n) is 13.3. The second-order valence-corrected chi connectivity index (χ2v) is 13.3. The number of fused-ring (bicyclic) bond motifs is 6. The van der Waals surface area contributed by atoms with Crippen LogP contribution < -0.4 is 15.6 Å². The highest BCUT2D eigenvalue weighted by atomic mass is 19.4. The highest BCUT2D eigenvalue weighted by molar-refractivity contribution is 5.85. The van der Waals surface area contributed by atoms with Crippen molar-refractivity contribution in [3.8, 4) is 22.6 Å². The predicted octanol–water partition coefficient (Wildman–Crippen LogP) is 7.67. The topological polar surface area (TPSA) is 101 Å². The Balaban J connectivity index is 1.62. The van der Waals surface area contributed by atoms with E-state index in [9.17, 15) is 50.2 Å². The molecule has 3 heterocycles. The van der Waals surface area contributed by atoms with E-state index in [1.165, 1.54) is 24.8 Å². The van der Waals surface area contributed by atoms with Crippen molar-refractivity contribution >= 4 is 11.9 Å². The number of hydrogen-bond donors (Lipinski definition) is 2.